The monoisotopic (exact) mass is 354 g/mol. The van der Waals surface area contributed by atoms with Crippen molar-refractivity contribution < 1.29 is 14.5 Å². The second kappa shape index (κ2) is 6.48. The largest absolute Gasteiger partial charge is 0.450 e. The van der Waals surface area contributed by atoms with Gasteiger partial charge in [0.15, 0.2) is 5.82 Å². The summed E-state index contributed by atoms with van der Waals surface area (Å²) in [5, 5.41) is 22.2. The number of nitro groups is 1. The van der Waals surface area contributed by atoms with Gasteiger partial charge in [0.2, 0.25) is 5.82 Å². The Bertz CT molecular complexity index is 799. The molecule has 0 aromatic carbocycles. The lowest BCUT2D eigenvalue weighted by Gasteiger charge is -2.12. The Balaban J connectivity index is 2.06. The lowest BCUT2D eigenvalue weighted by molar-refractivity contribution is -0.384. The third-order valence-electron chi connectivity index (χ3n) is 3.65. The van der Waals surface area contributed by atoms with E-state index in [-0.39, 0.29) is 23.9 Å². The van der Waals surface area contributed by atoms with Gasteiger partial charge in [0.1, 0.15) is 11.2 Å². The molecule has 2 aromatic heterocycles. The van der Waals surface area contributed by atoms with Gasteiger partial charge >= 0.3 is 11.8 Å². The topological polar surface area (TPSA) is 117 Å². The molecule has 0 radical (unpaired) electrons. The Morgan fingerprint density at radius 2 is 2.33 bits per heavy atom. The standard InChI is InChI=1S/C13H15ClN6O4/c1-2-24-13(21)16-11-9(20(22)23)7-15-19(11)12-10(14)8-5-3-4-6-18(8)17-12/h7H,2-6H2,1H3,(H,16,21). The van der Waals surface area contributed by atoms with Crippen molar-refractivity contribution in [3.8, 4) is 5.82 Å². The Labute approximate surface area is 141 Å². The molecule has 0 bridgehead atoms. The summed E-state index contributed by atoms with van der Waals surface area (Å²) in [7, 11) is 0. The number of fused-ring (bicyclic) bond motifs is 1. The molecular weight excluding hydrogens is 340 g/mol. The number of anilines is 1. The van der Waals surface area contributed by atoms with Crippen LogP contribution < -0.4 is 5.32 Å². The minimum atomic E-state index is -0.817. The van der Waals surface area contributed by atoms with Gasteiger partial charge in [-0.15, -0.1) is 0 Å². The number of nitrogens with zero attached hydrogens (tertiary/aromatic N) is 5. The molecule has 2 aromatic rings. The SMILES string of the molecule is CCOC(=O)Nc1c([N+](=O)[O-])cnn1-c1nn2c(c1Cl)CCCC2. The number of hydrogen-bond acceptors (Lipinski definition) is 6. The Kier molecular flexibility index (Phi) is 4.38. The van der Waals surface area contributed by atoms with Crippen LogP contribution in [0.4, 0.5) is 16.3 Å². The van der Waals surface area contributed by atoms with Gasteiger partial charge < -0.3 is 4.74 Å². The number of carbonyl (C=O) groups is 1. The van der Waals surface area contributed by atoms with Gasteiger partial charge in [-0.05, 0) is 26.2 Å². The summed E-state index contributed by atoms with van der Waals surface area (Å²) in [4.78, 5) is 22.2. The second-order valence-corrected chi connectivity index (χ2v) is 5.54. The van der Waals surface area contributed by atoms with E-state index in [0.717, 1.165) is 42.4 Å². The maximum atomic E-state index is 11.7. The number of aromatic nitrogens is 4. The molecule has 3 rings (SSSR count). The first-order chi connectivity index (χ1) is 11.5. The zero-order valence-corrected chi connectivity index (χ0v) is 13.6. The molecule has 0 fully saturated rings. The van der Waals surface area contributed by atoms with E-state index in [4.69, 9.17) is 16.3 Å². The maximum absolute atomic E-state index is 11.7. The van der Waals surface area contributed by atoms with Crippen LogP contribution >= 0.6 is 11.6 Å². The fraction of sp³-hybridized carbons (Fsp3) is 0.462. The first kappa shape index (κ1) is 16.2. The van der Waals surface area contributed by atoms with Crippen molar-refractivity contribution >= 4 is 29.2 Å². The highest BCUT2D eigenvalue weighted by Gasteiger charge is 2.28. The molecule has 0 aliphatic carbocycles. The molecule has 11 heteroatoms. The predicted octanol–water partition coefficient (Wildman–Crippen LogP) is 2.54. The second-order valence-electron chi connectivity index (χ2n) is 5.16. The molecule has 1 N–H and O–H groups in total. The summed E-state index contributed by atoms with van der Waals surface area (Å²) in [6, 6.07) is 0. The van der Waals surface area contributed by atoms with Crippen molar-refractivity contribution in [2.45, 2.75) is 32.7 Å². The number of amides is 1. The van der Waals surface area contributed by atoms with Gasteiger partial charge in [0.05, 0.1) is 17.2 Å². The van der Waals surface area contributed by atoms with E-state index in [9.17, 15) is 14.9 Å². The molecule has 0 atom stereocenters. The van der Waals surface area contributed by atoms with Gasteiger partial charge in [0.25, 0.3) is 0 Å². The van der Waals surface area contributed by atoms with Crippen LogP contribution in [0.1, 0.15) is 25.5 Å². The summed E-state index contributed by atoms with van der Waals surface area (Å²) in [6.07, 6.45) is 2.98. The highest BCUT2D eigenvalue weighted by atomic mass is 35.5. The zero-order valence-electron chi connectivity index (χ0n) is 12.9. The van der Waals surface area contributed by atoms with Crippen LogP contribution in [0.25, 0.3) is 5.82 Å². The molecule has 128 valence electrons. The van der Waals surface area contributed by atoms with Crippen LogP contribution in [0, 0.1) is 10.1 Å². The summed E-state index contributed by atoms with van der Waals surface area (Å²) < 4.78 is 7.70. The molecule has 0 unspecified atom stereocenters. The summed E-state index contributed by atoms with van der Waals surface area (Å²) in [5.41, 5.74) is 0.489. The van der Waals surface area contributed by atoms with Gasteiger partial charge in [-0.25, -0.2) is 4.79 Å². The van der Waals surface area contributed by atoms with Crippen molar-refractivity contribution in [2.75, 3.05) is 11.9 Å². The van der Waals surface area contributed by atoms with E-state index in [1.54, 1.807) is 11.6 Å². The average Bonchev–Trinajstić information content (AvgIpc) is 3.09. The molecule has 0 saturated heterocycles. The predicted molar refractivity (Wildman–Crippen MR) is 84.6 cm³/mol. The van der Waals surface area contributed by atoms with Crippen molar-refractivity contribution in [3.05, 3.63) is 27.0 Å². The molecule has 1 aliphatic rings. The maximum Gasteiger partial charge on any atom is 0.412 e. The average molecular weight is 355 g/mol. The van der Waals surface area contributed by atoms with E-state index in [1.165, 1.54) is 0 Å². The first-order valence-corrected chi connectivity index (χ1v) is 7.82. The van der Waals surface area contributed by atoms with Gasteiger partial charge in [-0.2, -0.15) is 14.9 Å². The van der Waals surface area contributed by atoms with Crippen molar-refractivity contribution in [3.63, 3.8) is 0 Å². The summed E-state index contributed by atoms with van der Waals surface area (Å²) in [5.74, 6) is 0.101. The highest BCUT2D eigenvalue weighted by Crippen LogP contribution is 2.33. The van der Waals surface area contributed by atoms with Crippen LogP contribution in [0.15, 0.2) is 6.20 Å². The van der Waals surface area contributed by atoms with E-state index in [1.807, 2.05) is 0 Å². The zero-order chi connectivity index (χ0) is 17.3. The number of hydrogen-bond donors (Lipinski definition) is 1. The van der Waals surface area contributed by atoms with Gasteiger partial charge in [0, 0.05) is 6.54 Å². The number of aryl methyl sites for hydroxylation is 1. The van der Waals surface area contributed by atoms with E-state index in [2.05, 4.69) is 15.5 Å². The third-order valence-corrected chi connectivity index (χ3v) is 4.04. The number of rotatable bonds is 4. The Hall–Kier alpha value is -2.62. The third kappa shape index (κ3) is 2.80. The van der Waals surface area contributed by atoms with Crippen molar-refractivity contribution in [1.82, 2.24) is 19.6 Å². The van der Waals surface area contributed by atoms with Crippen LogP contribution in [-0.2, 0) is 17.7 Å². The van der Waals surface area contributed by atoms with Crippen molar-refractivity contribution in [1.29, 1.82) is 0 Å². The van der Waals surface area contributed by atoms with Crippen LogP contribution in [0.3, 0.4) is 0 Å². The Morgan fingerprint density at radius 1 is 1.54 bits per heavy atom. The molecular formula is C13H15ClN6O4. The number of ether oxygens (including phenoxy) is 1. The molecule has 3 heterocycles. The minimum absolute atomic E-state index is 0.132. The van der Waals surface area contributed by atoms with E-state index < -0.39 is 11.0 Å². The van der Waals surface area contributed by atoms with Crippen LogP contribution in [0.5, 0.6) is 0 Å². The van der Waals surface area contributed by atoms with Crippen molar-refractivity contribution in [2.24, 2.45) is 0 Å². The van der Waals surface area contributed by atoms with Gasteiger partial charge in [-0.3, -0.25) is 20.1 Å². The first-order valence-electron chi connectivity index (χ1n) is 7.44. The number of halogens is 1. The molecule has 10 nitrogen and oxygen atoms in total. The molecule has 24 heavy (non-hydrogen) atoms. The van der Waals surface area contributed by atoms with E-state index in [0.29, 0.717) is 5.02 Å². The summed E-state index contributed by atoms with van der Waals surface area (Å²) >= 11 is 6.38. The summed E-state index contributed by atoms with van der Waals surface area (Å²) in [6.45, 7) is 2.48. The lowest BCUT2D eigenvalue weighted by atomic mass is 10.1. The number of nitrogens with one attached hydrogen (secondary N) is 1. The van der Waals surface area contributed by atoms with Gasteiger partial charge in [-0.1, -0.05) is 11.6 Å². The molecule has 1 aliphatic heterocycles. The highest BCUT2D eigenvalue weighted by molar-refractivity contribution is 6.33. The number of carbonyl (C=O) groups excluding carboxylic acids is 1. The molecule has 0 spiro atoms. The minimum Gasteiger partial charge on any atom is -0.450 e. The van der Waals surface area contributed by atoms with E-state index >= 15 is 0 Å². The quantitative estimate of drug-likeness (QED) is 0.666. The fourth-order valence-electron chi connectivity index (χ4n) is 2.59. The normalized spacial score (nSPS) is 13.4. The lowest BCUT2D eigenvalue weighted by Crippen LogP contribution is -2.17. The van der Waals surface area contributed by atoms with Crippen LogP contribution in [-0.4, -0.2) is 37.2 Å². The smallest absolute Gasteiger partial charge is 0.412 e. The fourth-order valence-corrected chi connectivity index (χ4v) is 2.90. The van der Waals surface area contributed by atoms with Crippen LogP contribution in [0.2, 0.25) is 5.02 Å². The Morgan fingerprint density at radius 3 is 3.00 bits per heavy atom. The molecule has 1 amide bonds. The molecule has 0 saturated carbocycles.